The van der Waals surface area contributed by atoms with Gasteiger partial charge in [0.05, 0.1) is 6.54 Å². The summed E-state index contributed by atoms with van der Waals surface area (Å²) in [5.74, 6) is -1.63. The van der Waals surface area contributed by atoms with Gasteiger partial charge in [-0.3, -0.25) is 4.79 Å². The van der Waals surface area contributed by atoms with E-state index in [2.05, 4.69) is 11.4 Å². The largest absolute Gasteiger partial charge is 0.479 e. The number of aliphatic hydroxyl groups is 1. The van der Waals surface area contributed by atoms with Crippen molar-refractivity contribution in [1.82, 2.24) is 5.32 Å². The second kappa shape index (κ2) is 6.52. The minimum Gasteiger partial charge on any atom is -0.479 e. The SMILES string of the molecule is Cc1ccc(CCC(=O)NCC(C)(O)C(=O)O)c(C)c1. The lowest BCUT2D eigenvalue weighted by Crippen LogP contribution is -2.46. The minimum atomic E-state index is -1.94. The van der Waals surface area contributed by atoms with Crippen LogP contribution in [0.4, 0.5) is 0 Å². The lowest BCUT2D eigenvalue weighted by atomic mass is 10.0. The van der Waals surface area contributed by atoms with Crippen molar-refractivity contribution in [2.24, 2.45) is 0 Å². The highest BCUT2D eigenvalue weighted by molar-refractivity contribution is 5.80. The van der Waals surface area contributed by atoms with Crippen LogP contribution in [0.3, 0.4) is 0 Å². The number of hydrogen-bond donors (Lipinski definition) is 3. The molecule has 0 aliphatic rings. The predicted molar refractivity (Wildman–Crippen MR) is 75.5 cm³/mol. The fourth-order valence-corrected chi connectivity index (χ4v) is 1.81. The van der Waals surface area contributed by atoms with Gasteiger partial charge in [0.25, 0.3) is 0 Å². The van der Waals surface area contributed by atoms with E-state index in [0.717, 1.165) is 18.1 Å². The van der Waals surface area contributed by atoms with Crippen LogP contribution in [-0.2, 0) is 16.0 Å². The van der Waals surface area contributed by atoms with Gasteiger partial charge in [-0.2, -0.15) is 0 Å². The Balaban J connectivity index is 2.46. The van der Waals surface area contributed by atoms with Crippen molar-refractivity contribution in [3.8, 4) is 0 Å². The molecule has 1 aromatic rings. The Morgan fingerprint density at radius 1 is 1.30 bits per heavy atom. The summed E-state index contributed by atoms with van der Waals surface area (Å²) in [7, 11) is 0. The number of aryl methyl sites for hydroxylation is 3. The van der Waals surface area contributed by atoms with Crippen molar-refractivity contribution in [2.75, 3.05) is 6.54 Å². The predicted octanol–water partition coefficient (Wildman–Crippen LogP) is 1.19. The van der Waals surface area contributed by atoms with E-state index in [9.17, 15) is 14.7 Å². The Hall–Kier alpha value is -1.88. The summed E-state index contributed by atoms with van der Waals surface area (Å²) in [6.07, 6.45) is 0.854. The van der Waals surface area contributed by atoms with Crippen LogP contribution in [0.1, 0.15) is 30.0 Å². The topological polar surface area (TPSA) is 86.6 Å². The van der Waals surface area contributed by atoms with Gasteiger partial charge >= 0.3 is 5.97 Å². The standard InChI is InChI=1S/C15H21NO4/c1-10-4-5-12(11(2)8-10)6-7-13(17)16-9-15(3,20)14(18)19/h4-5,8,20H,6-7,9H2,1-3H3,(H,16,17)(H,18,19). The van der Waals surface area contributed by atoms with Crippen molar-refractivity contribution in [2.45, 2.75) is 39.2 Å². The maximum absolute atomic E-state index is 11.6. The molecule has 0 saturated carbocycles. The van der Waals surface area contributed by atoms with E-state index < -0.39 is 11.6 Å². The first-order valence-corrected chi connectivity index (χ1v) is 6.51. The smallest absolute Gasteiger partial charge is 0.337 e. The number of hydrogen-bond acceptors (Lipinski definition) is 3. The van der Waals surface area contributed by atoms with Gasteiger partial charge in [0.1, 0.15) is 0 Å². The number of carbonyl (C=O) groups is 2. The molecule has 1 rings (SSSR count). The van der Waals surface area contributed by atoms with Crippen LogP contribution >= 0.6 is 0 Å². The minimum absolute atomic E-state index is 0.263. The number of rotatable bonds is 6. The molecule has 0 radical (unpaired) electrons. The molecule has 1 amide bonds. The number of carboxylic acid groups (broad SMARTS) is 1. The maximum Gasteiger partial charge on any atom is 0.337 e. The molecule has 1 unspecified atom stereocenters. The van der Waals surface area contributed by atoms with E-state index in [-0.39, 0.29) is 18.9 Å². The van der Waals surface area contributed by atoms with Gasteiger partial charge in [-0.25, -0.2) is 4.79 Å². The highest BCUT2D eigenvalue weighted by atomic mass is 16.4. The molecule has 1 aromatic carbocycles. The van der Waals surface area contributed by atoms with E-state index in [1.165, 1.54) is 5.56 Å². The van der Waals surface area contributed by atoms with Crippen LogP contribution < -0.4 is 5.32 Å². The summed E-state index contributed by atoms with van der Waals surface area (Å²) in [5, 5.41) is 20.6. The van der Waals surface area contributed by atoms with Gasteiger partial charge in [-0.05, 0) is 38.3 Å². The Morgan fingerprint density at radius 2 is 1.95 bits per heavy atom. The molecule has 0 heterocycles. The van der Waals surface area contributed by atoms with Gasteiger partial charge < -0.3 is 15.5 Å². The Kier molecular flexibility index (Phi) is 5.27. The Bertz CT molecular complexity index is 509. The Morgan fingerprint density at radius 3 is 2.50 bits per heavy atom. The normalized spacial score (nSPS) is 13.6. The molecule has 1 atom stereocenters. The van der Waals surface area contributed by atoms with Crippen molar-refractivity contribution in [3.63, 3.8) is 0 Å². The number of amides is 1. The van der Waals surface area contributed by atoms with Gasteiger partial charge in [0, 0.05) is 6.42 Å². The number of benzene rings is 1. The summed E-state index contributed by atoms with van der Waals surface area (Å²) < 4.78 is 0. The highest BCUT2D eigenvalue weighted by Crippen LogP contribution is 2.12. The molecule has 0 saturated heterocycles. The number of carboxylic acids is 1. The van der Waals surface area contributed by atoms with Crippen molar-refractivity contribution >= 4 is 11.9 Å². The average Bonchev–Trinajstić information content (AvgIpc) is 2.35. The van der Waals surface area contributed by atoms with Gasteiger partial charge in [-0.1, -0.05) is 23.8 Å². The third-order valence-electron chi connectivity index (χ3n) is 3.21. The summed E-state index contributed by atoms with van der Waals surface area (Å²) in [6, 6.07) is 6.04. The van der Waals surface area contributed by atoms with Crippen LogP contribution in [0.15, 0.2) is 18.2 Å². The van der Waals surface area contributed by atoms with Crippen LogP contribution in [0.5, 0.6) is 0 Å². The first-order valence-electron chi connectivity index (χ1n) is 6.51. The summed E-state index contributed by atoms with van der Waals surface area (Å²) in [5.41, 5.74) is 1.47. The monoisotopic (exact) mass is 279 g/mol. The first kappa shape index (κ1) is 16.2. The van der Waals surface area contributed by atoms with Crippen molar-refractivity contribution < 1.29 is 19.8 Å². The van der Waals surface area contributed by atoms with Crippen molar-refractivity contribution in [1.29, 1.82) is 0 Å². The molecule has 0 bridgehead atoms. The van der Waals surface area contributed by atoms with E-state index >= 15 is 0 Å². The van der Waals surface area contributed by atoms with E-state index in [1.54, 1.807) is 0 Å². The zero-order valence-corrected chi connectivity index (χ0v) is 12.1. The van der Waals surface area contributed by atoms with Crippen molar-refractivity contribution in [3.05, 3.63) is 34.9 Å². The molecule has 0 fully saturated rings. The second-order valence-corrected chi connectivity index (χ2v) is 5.29. The lowest BCUT2D eigenvalue weighted by molar-refractivity contribution is -0.156. The Labute approximate surface area is 118 Å². The lowest BCUT2D eigenvalue weighted by Gasteiger charge is -2.18. The summed E-state index contributed by atoms with van der Waals surface area (Å²) >= 11 is 0. The second-order valence-electron chi connectivity index (χ2n) is 5.29. The molecule has 5 heteroatoms. The molecule has 110 valence electrons. The zero-order chi connectivity index (χ0) is 15.3. The van der Waals surface area contributed by atoms with Crippen LogP contribution in [-0.4, -0.2) is 34.2 Å². The average molecular weight is 279 g/mol. The third-order valence-corrected chi connectivity index (χ3v) is 3.21. The molecular formula is C15H21NO4. The van der Waals surface area contributed by atoms with Gasteiger partial charge in [0.2, 0.25) is 5.91 Å². The molecule has 0 aromatic heterocycles. The molecule has 0 spiro atoms. The van der Waals surface area contributed by atoms with Gasteiger partial charge in [0.15, 0.2) is 5.60 Å². The van der Waals surface area contributed by atoms with Crippen LogP contribution in [0.2, 0.25) is 0 Å². The number of aliphatic carboxylic acids is 1. The molecule has 20 heavy (non-hydrogen) atoms. The third kappa shape index (κ3) is 4.66. The first-order chi connectivity index (χ1) is 9.22. The molecule has 0 aliphatic carbocycles. The fourth-order valence-electron chi connectivity index (χ4n) is 1.81. The van der Waals surface area contributed by atoms with Crippen LogP contribution in [0.25, 0.3) is 0 Å². The summed E-state index contributed by atoms with van der Waals surface area (Å²) in [4.78, 5) is 22.3. The molecule has 5 nitrogen and oxygen atoms in total. The van der Waals surface area contributed by atoms with E-state index in [1.807, 2.05) is 26.0 Å². The van der Waals surface area contributed by atoms with E-state index in [4.69, 9.17) is 5.11 Å². The number of nitrogens with one attached hydrogen (secondary N) is 1. The quantitative estimate of drug-likeness (QED) is 0.730. The van der Waals surface area contributed by atoms with Crippen LogP contribution in [0, 0.1) is 13.8 Å². The zero-order valence-electron chi connectivity index (χ0n) is 12.1. The number of carbonyl (C=O) groups excluding carboxylic acids is 1. The molecular weight excluding hydrogens is 258 g/mol. The molecule has 3 N–H and O–H groups in total. The molecule has 0 aliphatic heterocycles. The maximum atomic E-state index is 11.6. The van der Waals surface area contributed by atoms with Gasteiger partial charge in [-0.15, -0.1) is 0 Å². The highest BCUT2D eigenvalue weighted by Gasteiger charge is 2.30. The fraction of sp³-hybridized carbons (Fsp3) is 0.467. The van der Waals surface area contributed by atoms with E-state index in [0.29, 0.717) is 6.42 Å². The summed E-state index contributed by atoms with van der Waals surface area (Å²) in [6.45, 7) is 4.86.